The quantitative estimate of drug-likeness (QED) is 0.138. The minimum absolute atomic E-state index is 0.173. The summed E-state index contributed by atoms with van der Waals surface area (Å²) in [5.41, 5.74) is 1.96. The van der Waals surface area contributed by atoms with Gasteiger partial charge in [0.05, 0.1) is 21.5 Å². The molecule has 4 aromatic rings. The number of nitrogens with zero attached hydrogens (tertiary/aromatic N) is 1. The predicted molar refractivity (Wildman–Crippen MR) is 146 cm³/mol. The number of benzene rings is 4. The molecule has 178 valence electrons. The van der Waals surface area contributed by atoms with E-state index >= 15 is 0 Å². The number of rotatable bonds is 5. The third kappa shape index (κ3) is 5.09. The van der Waals surface area contributed by atoms with Crippen LogP contribution in [0.3, 0.4) is 0 Å². The van der Waals surface area contributed by atoms with Gasteiger partial charge in [0.15, 0.2) is 0 Å². The Morgan fingerprint density at radius 1 is 0.972 bits per heavy atom. The number of esters is 1. The molecule has 1 fully saturated rings. The van der Waals surface area contributed by atoms with Gasteiger partial charge in [-0.2, -0.15) is 0 Å². The van der Waals surface area contributed by atoms with Crippen molar-refractivity contribution in [1.29, 1.82) is 0 Å². The summed E-state index contributed by atoms with van der Waals surface area (Å²) in [7, 11) is 0. The maximum absolute atomic E-state index is 12.9. The van der Waals surface area contributed by atoms with Gasteiger partial charge in [0.2, 0.25) is 0 Å². The third-order valence-electron chi connectivity index (χ3n) is 5.59. The van der Waals surface area contributed by atoms with Crippen LogP contribution < -0.4 is 4.74 Å². The van der Waals surface area contributed by atoms with E-state index in [-0.39, 0.29) is 17.7 Å². The molecule has 0 radical (unpaired) electrons. The van der Waals surface area contributed by atoms with Crippen LogP contribution in [0.4, 0.5) is 4.79 Å². The molecule has 0 aliphatic carbocycles. The van der Waals surface area contributed by atoms with Crippen molar-refractivity contribution < 1.29 is 19.1 Å². The van der Waals surface area contributed by atoms with Crippen molar-refractivity contribution in [3.05, 3.63) is 116 Å². The van der Waals surface area contributed by atoms with Gasteiger partial charge in [0.1, 0.15) is 5.75 Å². The fourth-order valence-electron chi connectivity index (χ4n) is 3.81. The van der Waals surface area contributed by atoms with Crippen molar-refractivity contribution in [2.45, 2.75) is 6.54 Å². The lowest BCUT2D eigenvalue weighted by atomic mass is 10.0. The Morgan fingerprint density at radius 3 is 2.50 bits per heavy atom. The predicted octanol–water partition coefficient (Wildman–Crippen LogP) is 7.71. The van der Waals surface area contributed by atoms with Gasteiger partial charge in [0.25, 0.3) is 11.1 Å². The Morgan fingerprint density at radius 2 is 1.72 bits per heavy atom. The first-order valence-corrected chi connectivity index (χ1v) is 12.9. The van der Waals surface area contributed by atoms with Gasteiger partial charge >= 0.3 is 5.97 Å². The lowest BCUT2D eigenvalue weighted by molar-refractivity contribution is -0.123. The molecule has 0 N–H and O–H groups in total. The highest BCUT2D eigenvalue weighted by Crippen LogP contribution is 2.35. The van der Waals surface area contributed by atoms with Crippen molar-refractivity contribution in [2.24, 2.45) is 0 Å². The Balaban J connectivity index is 1.32. The molecule has 2 amide bonds. The maximum Gasteiger partial charge on any atom is 0.344 e. The Kier molecular flexibility index (Phi) is 6.96. The van der Waals surface area contributed by atoms with Crippen molar-refractivity contribution in [2.75, 3.05) is 0 Å². The molecule has 5 nitrogen and oxygen atoms in total. The van der Waals surface area contributed by atoms with Gasteiger partial charge in [-0.05, 0) is 86.0 Å². The number of hydrogen-bond donors (Lipinski definition) is 0. The zero-order valence-electron chi connectivity index (χ0n) is 18.6. The van der Waals surface area contributed by atoms with Crippen LogP contribution in [0.25, 0.3) is 16.8 Å². The molecule has 1 heterocycles. The Labute approximate surface area is 224 Å². The van der Waals surface area contributed by atoms with Crippen molar-refractivity contribution in [3.8, 4) is 5.75 Å². The second kappa shape index (κ2) is 10.3. The highest BCUT2D eigenvalue weighted by Gasteiger charge is 2.35. The summed E-state index contributed by atoms with van der Waals surface area (Å²) in [4.78, 5) is 39.7. The van der Waals surface area contributed by atoms with Crippen LogP contribution in [-0.4, -0.2) is 22.0 Å². The van der Waals surface area contributed by atoms with E-state index in [1.54, 1.807) is 54.6 Å². The SMILES string of the molecule is O=C(Oc1ccc(/C=C2\SC(=O)N(Cc3ccc(Cl)cc3)C2=O)cc1Br)c1cccc2ccccc12. The lowest BCUT2D eigenvalue weighted by Gasteiger charge is -2.12. The van der Waals surface area contributed by atoms with Gasteiger partial charge < -0.3 is 4.74 Å². The smallest absolute Gasteiger partial charge is 0.344 e. The summed E-state index contributed by atoms with van der Waals surface area (Å²) in [6.45, 7) is 0.173. The summed E-state index contributed by atoms with van der Waals surface area (Å²) in [5.74, 6) is -0.480. The average Bonchev–Trinajstić information content (AvgIpc) is 3.13. The van der Waals surface area contributed by atoms with E-state index in [0.717, 1.165) is 28.1 Å². The molecule has 5 rings (SSSR count). The number of hydrogen-bond acceptors (Lipinski definition) is 5. The van der Waals surface area contributed by atoms with Gasteiger partial charge in [-0.25, -0.2) is 4.79 Å². The highest BCUT2D eigenvalue weighted by atomic mass is 79.9. The largest absolute Gasteiger partial charge is 0.422 e. The lowest BCUT2D eigenvalue weighted by Crippen LogP contribution is -2.27. The molecule has 1 aliphatic heterocycles. The summed E-state index contributed by atoms with van der Waals surface area (Å²) in [5, 5.41) is 2.02. The molecule has 36 heavy (non-hydrogen) atoms. The van der Waals surface area contributed by atoms with Crippen molar-refractivity contribution in [1.82, 2.24) is 4.90 Å². The van der Waals surface area contributed by atoms with Crippen LogP contribution in [-0.2, 0) is 11.3 Å². The molecule has 4 aromatic carbocycles. The van der Waals surface area contributed by atoms with Crippen LogP contribution in [0, 0.1) is 0 Å². The van der Waals surface area contributed by atoms with Crippen LogP contribution in [0.5, 0.6) is 5.75 Å². The van der Waals surface area contributed by atoms with E-state index in [2.05, 4.69) is 15.9 Å². The monoisotopic (exact) mass is 577 g/mol. The topological polar surface area (TPSA) is 63.7 Å². The molecule has 1 aliphatic rings. The first-order valence-electron chi connectivity index (χ1n) is 10.9. The number of ether oxygens (including phenoxy) is 1. The van der Waals surface area contributed by atoms with E-state index in [0.29, 0.717) is 31.3 Å². The normalized spacial score (nSPS) is 14.6. The van der Waals surface area contributed by atoms with E-state index in [9.17, 15) is 14.4 Å². The standard InChI is InChI=1S/C28H17BrClNO4S/c29-23-14-18(15-25-26(32)31(28(34)36-25)16-17-8-11-20(30)12-9-17)10-13-24(23)35-27(33)22-7-3-5-19-4-1-2-6-21(19)22/h1-15H,16H2/b25-15-. The van der Waals surface area contributed by atoms with Gasteiger partial charge in [0, 0.05) is 5.02 Å². The zero-order chi connectivity index (χ0) is 25.2. The van der Waals surface area contributed by atoms with Gasteiger partial charge in [-0.3, -0.25) is 14.5 Å². The van der Waals surface area contributed by atoms with Crippen molar-refractivity contribution >= 4 is 73.3 Å². The number of fused-ring (bicyclic) bond motifs is 1. The number of carbonyl (C=O) groups is 3. The van der Waals surface area contributed by atoms with Crippen LogP contribution in [0.15, 0.2) is 94.3 Å². The first kappa shape index (κ1) is 24.3. The van der Waals surface area contributed by atoms with Gasteiger partial charge in [-0.15, -0.1) is 0 Å². The number of carbonyl (C=O) groups excluding carboxylic acids is 3. The molecule has 0 atom stereocenters. The summed E-state index contributed by atoms with van der Waals surface area (Å²) < 4.78 is 6.19. The molecular weight excluding hydrogens is 562 g/mol. The molecule has 8 heteroatoms. The maximum atomic E-state index is 12.9. The van der Waals surface area contributed by atoms with Crippen LogP contribution >= 0.6 is 39.3 Å². The molecule has 0 saturated carbocycles. The van der Waals surface area contributed by atoms with E-state index in [1.807, 2.05) is 36.4 Å². The Bertz CT molecular complexity index is 1550. The summed E-state index contributed by atoms with van der Waals surface area (Å²) in [6, 6.07) is 25.2. The molecule has 0 aromatic heterocycles. The number of halogens is 2. The second-order valence-electron chi connectivity index (χ2n) is 8.00. The minimum Gasteiger partial charge on any atom is -0.422 e. The van der Waals surface area contributed by atoms with Crippen molar-refractivity contribution in [3.63, 3.8) is 0 Å². The van der Waals surface area contributed by atoms with Crippen LogP contribution in [0.2, 0.25) is 5.02 Å². The van der Waals surface area contributed by atoms with Gasteiger partial charge in [-0.1, -0.05) is 66.2 Å². The third-order valence-corrected chi connectivity index (χ3v) is 7.37. The molecule has 0 unspecified atom stereocenters. The summed E-state index contributed by atoms with van der Waals surface area (Å²) in [6.07, 6.45) is 1.65. The Hall–Kier alpha value is -3.39. The molecule has 0 bridgehead atoms. The summed E-state index contributed by atoms with van der Waals surface area (Å²) >= 11 is 10.3. The molecule has 0 spiro atoms. The average molecular weight is 579 g/mol. The molecular formula is C28H17BrClNO4S. The first-order chi connectivity index (χ1) is 17.4. The fraction of sp³-hybridized carbons (Fsp3) is 0.0357. The number of amides is 2. The second-order valence-corrected chi connectivity index (χ2v) is 10.3. The fourth-order valence-corrected chi connectivity index (χ4v) is 5.25. The number of thioether (sulfide) groups is 1. The highest BCUT2D eigenvalue weighted by molar-refractivity contribution is 9.10. The van der Waals surface area contributed by atoms with E-state index in [1.165, 1.54) is 4.90 Å². The molecule has 1 saturated heterocycles. The van der Waals surface area contributed by atoms with Crippen LogP contribution in [0.1, 0.15) is 21.5 Å². The van der Waals surface area contributed by atoms with E-state index < -0.39 is 5.97 Å². The number of imide groups is 1. The zero-order valence-corrected chi connectivity index (χ0v) is 21.8. The van der Waals surface area contributed by atoms with E-state index in [4.69, 9.17) is 16.3 Å². The minimum atomic E-state index is -0.469.